The molecular formula is C24H26N4O6. The third-order valence-corrected chi connectivity index (χ3v) is 5.54. The van der Waals surface area contributed by atoms with Crippen LogP contribution < -0.4 is 14.8 Å². The van der Waals surface area contributed by atoms with E-state index >= 15 is 0 Å². The topological polar surface area (TPSA) is 121 Å². The van der Waals surface area contributed by atoms with Crippen LogP contribution in [0.15, 0.2) is 47.5 Å². The molecule has 10 heteroatoms. The van der Waals surface area contributed by atoms with Crippen molar-refractivity contribution in [1.82, 2.24) is 15.1 Å². The van der Waals surface area contributed by atoms with Crippen molar-refractivity contribution in [2.45, 2.75) is 25.9 Å². The molecule has 0 saturated carbocycles. The van der Waals surface area contributed by atoms with Crippen LogP contribution in [-0.2, 0) is 27.5 Å². The van der Waals surface area contributed by atoms with Gasteiger partial charge in [-0.1, -0.05) is 12.1 Å². The molecule has 2 aromatic carbocycles. The number of nitrogens with one attached hydrogen (secondary N) is 1. The van der Waals surface area contributed by atoms with Crippen LogP contribution in [-0.4, -0.2) is 65.5 Å². The average molecular weight is 466 g/mol. The highest BCUT2D eigenvalue weighted by atomic mass is 16.5. The number of ether oxygens (including phenoxy) is 2. The van der Waals surface area contributed by atoms with Crippen LogP contribution in [0.25, 0.3) is 0 Å². The zero-order chi connectivity index (χ0) is 24.1. The highest BCUT2D eigenvalue weighted by Crippen LogP contribution is 2.30. The normalized spacial score (nSPS) is 14.0. The lowest BCUT2D eigenvalue weighted by Crippen LogP contribution is -2.35. The van der Waals surface area contributed by atoms with Gasteiger partial charge in [0.25, 0.3) is 0 Å². The van der Waals surface area contributed by atoms with Gasteiger partial charge in [0.2, 0.25) is 17.8 Å². The molecule has 34 heavy (non-hydrogen) atoms. The number of fused-ring (bicyclic) bond motifs is 2. The number of carboxylic acid groups (broad SMARTS) is 1. The van der Waals surface area contributed by atoms with E-state index in [2.05, 4.69) is 10.3 Å². The van der Waals surface area contributed by atoms with E-state index in [1.54, 1.807) is 37.4 Å². The third-order valence-electron chi connectivity index (χ3n) is 5.54. The van der Waals surface area contributed by atoms with Gasteiger partial charge < -0.3 is 24.4 Å². The molecule has 0 aliphatic carbocycles. The van der Waals surface area contributed by atoms with Crippen LogP contribution in [0.5, 0.6) is 11.5 Å². The van der Waals surface area contributed by atoms with E-state index in [0.717, 1.165) is 16.8 Å². The van der Waals surface area contributed by atoms with E-state index in [1.807, 2.05) is 17.0 Å². The molecule has 2 aromatic rings. The molecule has 1 fully saturated rings. The van der Waals surface area contributed by atoms with E-state index in [9.17, 15) is 19.5 Å². The van der Waals surface area contributed by atoms with Crippen molar-refractivity contribution in [3.63, 3.8) is 0 Å². The minimum atomic E-state index is -1.06. The number of guanidine groups is 1. The van der Waals surface area contributed by atoms with E-state index in [4.69, 9.17) is 9.47 Å². The number of aliphatic imine (C=N–C) groups is 1. The molecule has 0 bridgehead atoms. The maximum absolute atomic E-state index is 12.7. The van der Waals surface area contributed by atoms with E-state index in [1.165, 1.54) is 4.90 Å². The Hall–Kier alpha value is -4.08. The number of rotatable bonds is 10. The number of hydrogen-bond acceptors (Lipinski definition) is 7. The zero-order valence-corrected chi connectivity index (χ0v) is 18.8. The lowest BCUT2D eigenvalue weighted by atomic mass is 10.1. The van der Waals surface area contributed by atoms with Gasteiger partial charge in [0.15, 0.2) is 0 Å². The quantitative estimate of drug-likeness (QED) is 0.513. The summed E-state index contributed by atoms with van der Waals surface area (Å²) in [6, 6.07) is 12.7. The lowest BCUT2D eigenvalue weighted by molar-refractivity contribution is -0.145. The van der Waals surface area contributed by atoms with Crippen LogP contribution in [0.4, 0.5) is 5.69 Å². The second kappa shape index (κ2) is 10.2. The molecular weight excluding hydrogens is 440 g/mol. The van der Waals surface area contributed by atoms with Gasteiger partial charge in [0, 0.05) is 25.1 Å². The van der Waals surface area contributed by atoms with Crippen LogP contribution in [0.3, 0.4) is 0 Å². The Morgan fingerprint density at radius 2 is 1.91 bits per heavy atom. The van der Waals surface area contributed by atoms with Crippen LogP contribution >= 0.6 is 0 Å². The van der Waals surface area contributed by atoms with Crippen molar-refractivity contribution in [2.75, 3.05) is 26.8 Å². The predicted octanol–water partition coefficient (Wildman–Crippen LogP) is 1.90. The minimum absolute atomic E-state index is 0.0726. The third kappa shape index (κ3) is 5.64. The molecule has 2 aliphatic heterocycles. The zero-order valence-electron chi connectivity index (χ0n) is 18.8. The van der Waals surface area contributed by atoms with Gasteiger partial charge in [-0.25, -0.2) is 4.99 Å². The fourth-order valence-corrected chi connectivity index (χ4v) is 3.85. The van der Waals surface area contributed by atoms with Gasteiger partial charge in [-0.15, -0.1) is 0 Å². The molecule has 0 aromatic heterocycles. The number of benzene rings is 2. The standard InChI is InChI=1S/C24H26N4O6/c1-33-18-6-4-16(5-7-18)12-27(15-23(31)32)22(30)3-2-10-34-19-8-9-20-17(11-19)13-28-14-21(29)26-24(28)25-20/h4-9,11H,2-3,10,12-15H2,1H3,(H,31,32)(H,25,26,29). The Kier molecular flexibility index (Phi) is 6.95. The van der Waals surface area contributed by atoms with Crippen molar-refractivity contribution in [1.29, 1.82) is 0 Å². The number of carbonyl (C=O) groups is 3. The Morgan fingerprint density at radius 1 is 1.15 bits per heavy atom. The second-order valence-corrected chi connectivity index (χ2v) is 8.07. The largest absolute Gasteiger partial charge is 0.497 e. The molecule has 178 valence electrons. The molecule has 2 aliphatic rings. The van der Waals surface area contributed by atoms with E-state index in [0.29, 0.717) is 37.0 Å². The summed E-state index contributed by atoms with van der Waals surface area (Å²) in [6.45, 7) is 1.00. The van der Waals surface area contributed by atoms with Crippen LogP contribution in [0, 0.1) is 0 Å². The number of amides is 2. The summed E-state index contributed by atoms with van der Waals surface area (Å²) in [6.07, 6.45) is 0.616. The fraction of sp³-hybridized carbons (Fsp3) is 0.333. The second-order valence-electron chi connectivity index (χ2n) is 8.07. The number of nitrogens with zero attached hydrogens (tertiary/aromatic N) is 3. The maximum atomic E-state index is 12.7. The molecule has 2 N–H and O–H groups in total. The van der Waals surface area contributed by atoms with E-state index in [-0.39, 0.29) is 37.9 Å². The fourth-order valence-electron chi connectivity index (χ4n) is 3.85. The first-order chi connectivity index (χ1) is 16.4. The summed E-state index contributed by atoms with van der Waals surface area (Å²) in [4.78, 5) is 43.1. The van der Waals surface area contributed by atoms with E-state index < -0.39 is 5.97 Å². The molecule has 0 spiro atoms. The summed E-state index contributed by atoms with van der Waals surface area (Å²) in [5.41, 5.74) is 2.57. The van der Waals surface area contributed by atoms with Crippen molar-refractivity contribution >= 4 is 29.4 Å². The van der Waals surface area contributed by atoms with Gasteiger partial charge in [-0.05, 0) is 42.3 Å². The summed E-state index contributed by atoms with van der Waals surface area (Å²) in [5.74, 6) is 0.538. The summed E-state index contributed by atoms with van der Waals surface area (Å²) < 4.78 is 10.9. The summed E-state index contributed by atoms with van der Waals surface area (Å²) in [5, 5.41) is 11.9. The Balaban J connectivity index is 1.28. The monoisotopic (exact) mass is 466 g/mol. The Labute approximate surface area is 196 Å². The molecule has 2 heterocycles. The molecule has 10 nitrogen and oxygen atoms in total. The molecule has 0 unspecified atom stereocenters. The molecule has 4 rings (SSSR count). The minimum Gasteiger partial charge on any atom is -0.497 e. The van der Waals surface area contributed by atoms with Gasteiger partial charge in [0.1, 0.15) is 24.6 Å². The Morgan fingerprint density at radius 3 is 2.65 bits per heavy atom. The van der Waals surface area contributed by atoms with Gasteiger partial charge in [-0.2, -0.15) is 0 Å². The van der Waals surface area contributed by atoms with Crippen molar-refractivity contribution in [3.05, 3.63) is 53.6 Å². The average Bonchev–Trinajstić information content (AvgIpc) is 3.18. The first-order valence-corrected chi connectivity index (χ1v) is 10.9. The van der Waals surface area contributed by atoms with Crippen LogP contribution in [0.1, 0.15) is 24.0 Å². The van der Waals surface area contributed by atoms with Crippen molar-refractivity contribution < 1.29 is 29.0 Å². The van der Waals surface area contributed by atoms with Gasteiger partial charge >= 0.3 is 5.97 Å². The number of methoxy groups -OCH3 is 1. The van der Waals surface area contributed by atoms with Crippen molar-refractivity contribution in [3.8, 4) is 11.5 Å². The van der Waals surface area contributed by atoms with Gasteiger partial charge in [0.05, 0.1) is 19.4 Å². The molecule has 1 saturated heterocycles. The Bertz CT molecular complexity index is 1110. The first-order valence-electron chi connectivity index (χ1n) is 10.9. The van der Waals surface area contributed by atoms with Gasteiger partial charge in [-0.3, -0.25) is 19.7 Å². The molecule has 2 amide bonds. The van der Waals surface area contributed by atoms with Crippen LogP contribution in [0.2, 0.25) is 0 Å². The number of carboxylic acids is 1. The predicted molar refractivity (Wildman–Crippen MR) is 123 cm³/mol. The summed E-state index contributed by atoms with van der Waals surface area (Å²) in [7, 11) is 1.57. The maximum Gasteiger partial charge on any atom is 0.323 e. The molecule has 0 radical (unpaired) electrons. The highest BCUT2D eigenvalue weighted by molar-refractivity contribution is 6.05. The van der Waals surface area contributed by atoms with Crippen molar-refractivity contribution in [2.24, 2.45) is 4.99 Å². The number of aliphatic carboxylic acids is 1. The highest BCUT2D eigenvalue weighted by Gasteiger charge is 2.29. The SMILES string of the molecule is COc1ccc(CN(CC(=O)O)C(=O)CCCOc2ccc3c(c2)CN2CC(=O)NC2=N3)cc1. The lowest BCUT2D eigenvalue weighted by Gasteiger charge is -2.23. The first kappa shape index (κ1) is 23.1. The smallest absolute Gasteiger partial charge is 0.323 e. The summed E-state index contributed by atoms with van der Waals surface area (Å²) >= 11 is 0. The molecule has 0 atom stereocenters. The number of hydrogen-bond donors (Lipinski definition) is 2. The number of carbonyl (C=O) groups excluding carboxylic acids is 2.